The van der Waals surface area contributed by atoms with Crippen molar-refractivity contribution in [1.82, 2.24) is 5.01 Å². The fourth-order valence-corrected chi connectivity index (χ4v) is 4.04. The molecular weight excluding hydrogens is 545 g/mol. The van der Waals surface area contributed by atoms with Crippen LogP contribution in [0.25, 0.3) is 0 Å². The first-order valence-electron chi connectivity index (χ1n) is 10.8. The lowest BCUT2D eigenvalue weighted by molar-refractivity contribution is 0.0817. The molecule has 1 unspecified atom stereocenters. The normalized spacial score (nSPS) is 13.0. The highest BCUT2D eigenvalue weighted by atomic mass is 79.9. The molecule has 0 fully saturated rings. The summed E-state index contributed by atoms with van der Waals surface area (Å²) in [6.07, 6.45) is 1.34. The van der Waals surface area contributed by atoms with Gasteiger partial charge >= 0.3 is 0 Å². The van der Waals surface area contributed by atoms with E-state index in [0.29, 0.717) is 18.2 Å². The smallest absolute Gasteiger partial charge is 0.133 e. The van der Waals surface area contributed by atoms with Gasteiger partial charge in [-0.25, -0.2) is 5.84 Å². The van der Waals surface area contributed by atoms with Crippen molar-refractivity contribution in [3.05, 3.63) is 70.0 Å². The number of hydrogen-bond donors (Lipinski definition) is 3. The number of hydrogen-bond acceptors (Lipinski definition) is 7. The third-order valence-electron chi connectivity index (χ3n) is 5.18. The molecule has 5 N–H and O–H groups in total. The van der Waals surface area contributed by atoms with E-state index in [0.717, 1.165) is 27.8 Å². The molecule has 0 spiro atoms. The van der Waals surface area contributed by atoms with Gasteiger partial charge in [0, 0.05) is 23.2 Å². The van der Waals surface area contributed by atoms with Gasteiger partial charge in [0.1, 0.15) is 24.2 Å². The summed E-state index contributed by atoms with van der Waals surface area (Å²) in [5.74, 6) is 7.78. The van der Waals surface area contributed by atoms with E-state index in [-0.39, 0.29) is 42.2 Å². The van der Waals surface area contributed by atoms with Crippen molar-refractivity contribution in [3.63, 3.8) is 0 Å². The highest BCUT2D eigenvalue weighted by molar-refractivity contribution is 9.10. The molecule has 0 heterocycles. The number of nitrogens with zero attached hydrogens (tertiary/aromatic N) is 1. The van der Waals surface area contributed by atoms with E-state index in [1.165, 1.54) is 11.2 Å². The Balaban J connectivity index is 1.96. The van der Waals surface area contributed by atoms with Crippen LogP contribution in [-0.2, 0) is 5.41 Å². The lowest BCUT2D eigenvalue weighted by Crippen LogP contribution is -2.37. The maximum Gasteiger partial charge on any atom is 0.133 e. The molecule has 2 aromatic carbocycles. The highest BCUT2D eigenvalue weighted by Gasteiger charge is 2.24. The summed E-state index contributed by atoms with van der Waals surface area (Å²) >= 11 is 9.43. The number of alkyl halides is 1. The first kappa shape index (κ1) is 28.6. The maximum atomic E-state index is 12.2. The topological polar surface area (TPSA) is 94.0 Å². The molecule has 2 rings (SSSR count). The third kappa shape index (κ3) is 8.85. The average Bonchev–Trinajstić information content (AvgIpc) is 2.79. The number of aliphatic hydroxyl groups is 1. The van der Waals surface area contributed by atoms with E-state index in [4.69, 9.17) is 32.7 Å². The first-order valence-corrected chi connectivity index (χ1v) is 13.0. The zero-order valence-corrected chi connectivity index (χ0v) is 22.5. The zero-order chi connectivity index (χ0) is 25.1. The van der Waals surface area contributed by atoms with E-state index < -0.39 is 6.10 Å². The van der Waals surface area contributed by atoms with Crippen molar-refractivity contribution in [1.29, 1.82) is 0 Å². The number of rotatable bonds is 14. The van der Waals surface area contributed by atoms with Gasteiger partial charge in [-0.05, 0) is 57.7 Å². The van der Waals surface area contributed by atoms with Gasteiger partial charge < -0.3 is 25.3 Å². The van der Waals surface area contributed by atoms with Crippen molar-refractivity contribution in [2.75, 3.05) is 31.4 Å². The highest BCUT2D eigenvalue weighted by Crippen LogP contribution is 2.36. The lowest BCUT2D eigenvalue weighted by atomic mass is 9.78. The van der Waals surface area contributed by atoms with E-state index in [1.807, 2.05) is 30.3 Å². The van der Waals surface area contributed by atoms with Crippen molar-refractivity contribution >= 4 is 39.7 Å². The van der Waals surface area contributed by atoms with Crippen molar-refractivity contribution in [3.8, 4) is 11.5 Å². The second-order valence-electron chi connectivity index (χ2n) is 8.30. The molecule has 2 aromatic rings. The molecule has 10 heteroatoms. The molecule has 188 valence electrons. The fraction of sp³-hybridized carbons (Fsp3) is 0.417. The van der Waals surface area contributed by atoms with Crippen molar-refractivity contribution < 1.29 is 18.5 Å². The summed E-state index contributed by atoms with van der Waals surface area (Å²) < 4.78 is 24.6. The Hall–Kier alpha value is -1.65. The van der Waals surface area contributed by atoms with Crippen molar-refractivity contribution in [2.24, 2.45) is 11.6 Å². The monoisotopic (exact) mass is 575 g/mol. The van der Waals surface area contributed by atoms with E-state index in [9.17, 15) is 8.99 Å². The number of ether oxygens (including phenoxy) is 2. The second-order valence-corrected chi connectivity index (χ2v) is 10.0. The van der Waals surface area contributed by atoms with Gasteiger partial charge in [0.25, 0.3) is 0 Å². The number of nitrogens with two attached hydrogens (primary N) is 2. The summed E-state index contributed by atoms with van der Waals surface area (Å²) in [7, 11) is 0. The molecule has 0 aromatic heterocycles. The Kier molecular flexibility index (Phi) is 11.8. The summed E-state index contributed by atoms with van der Waals surface area (Å²) in [5.41, 5.74) is 7.89. The minimum Gasteiger partial charge on any atom is -0.492 e. The van der Waals surface area contributed by atoms with Crippen LogP contribution in [-0.4, -0.2) is 47.6 Å². The molecule has 0 aliphatic heterocycles. The van der Waals surface area contributed by atoms with Crippen LogP contribution in [0, 0.1) is 0 Å². The molecule has 34 heavy (non-hydrogen) atoms. The lowest BCUT2D eigenvalue weighted by Gasteiger charge is -2.27. The van der Waals surface area contributed by atoms with Gasteiger partial charge in [0.2, 0.25) is 0 Å². The largest absolute Gasteiger partial charge is 0.492 e. The Labute approximate surface area is 218 Å². The fourth-order valence-electron chi connectivity index (χ4n) is 3.23. The summed E-state index contributed by atoms with van der Waals surface area (Å²) in [5, 5.41) is 11.4. The Morgan fingerprint density at radius 3 is 2.53 bits per heavy atom. The SMILES string of the molecule is CC(C)(c1ccc(OCC(O)CN(N)/C=C(\N)CSF)cc1)c1ccc(OCCCCl)c(Br)c1. The van der Waals surface area contributed by atoms with Crippen LogP contribution in [0.1, 0.15) is 31.4 Å². The maximum absolute atomic E-state index is 12.2. The van der Waals surface area contributed by atoms with Gasteiger partial charge in [-0.1, -0.05) is 32.0 Å². The predicted octanol–water partition coefficient (Wildman–Crippen LogP) is 5.12. The zero-order valence-electron chi connectivity index (χ0n) is 19.3. The van der Waals surface area contributed by atoms with Gasteiger partial charge in [0.05, 0.1) is 35.5 Å². The molecule has 0 amide bonds. The van der Waals surface area contributed by atoms with Crippen LogP contribution in [0.5, 0.6) is 11.5 Å². The number of halogens is 3. The predicted molar refractivity (Wildman–Crippen MR) is 142 cm³/mol. The average molecular weight is 577 g/mol. The number of hydrazine groups is 1. The Bertz CT molecular complexity index is 934. The van der Waals surface area contributed by atoms with Crippen LogP contribution >= 0.6 is 39.7 Å². The van der Waals surface area contributed by atoms with E-state index in [1.54, 1.807) is 0 Å². The molecule has 0 aliphatic carbocycles. The van der Waals surface area contributed by atoms with Crippen molar-refractivity contribution in [2.45, 2.75) is 31.8 Å². The summed E-state index contributed by atoms with van der Waals surface area (Å²) in [4.78, 5) is 0. The van der Waals surface area contributed by atoms with Gasteiger partial charge in [-0.2, -0.15) is 3.89 Å². The van der Waals surface area contributed by atoms with Gasteiger partial charge in [0.15, 0.2) is 0 Å². The van der Waals surface area contributed by atoms with Crippen LogP contribution in [0.4, 0.5) is 3.89 Å². The minimum atomic E-state index is -0.842. The number of aliphatic hydroxyl groups excluding tert-OH is 1. The molecule has 1 atom stereocenters. The minimum absolute atomic E-state index is 0.0203. The molecule has 0 saturated carbocycles. The summed E-state index contributed by atoms with van der Waals surface area (Å²) in [6.45, 7) is 5.04. The standard InChI is InChI=1S/C24H32BrClFN3O3S/c1-24(2,18-6-9-23(22(25)12-18)32-11-3-10-26)17-4-7-21(8-5-17)33-15-20(31)14-30(29)13-19(28)16-34-27/h4-9,12-13,20,31H,3,10-11,14-16,28-29H2,1-2H3/b19-13-. The van der Waals surface area contributed by atoms with Crippen LogP contribution < -0.4 is 21.1 Å². The van der Waals surface area contributed by atoms with Crippen LogP contribution in [0.15, 0.2) is 58.8 Å². The van der Waals surface area contributed by atoms with Gasteiger partial charge in [-0.3, -0.25) is 0 Å². The number of benzene rings is 2. The first-order chi connectivity index (χ1) is 16.2. The van der Waals surface area contributed by atoms with E-state index in [2.05, 4.69) is 41.9 Å². The molecule has 0 radical (unpaired) electrons. The van der Waals surface area contributed by atoms with Gasteiger partial charge in [-0.15, -0.1) is 11.6 Å². The molecular formula is C24H32BrClFN3O3S. The van der Waals surface area contributed by atoms with Crippen LogP contribution in [0.3, 0.4) is 0 Å². The van der Waals surface area contributed by atoms with E-state index >= 15 is 0 Å². The molecule has 6 nitrogen and oxygen atoms in total. The van der Waals surface area contributed by atoms with Crippen LogP contribution in [0.2, 0.25) is 0 Å². The molecule has 0 aliphatic rings. The molecule has 0 saturated heterocycles. The Morgan fingerprint density at radius 1 is 1.24 bits per heavy atom. The quantitative estimate of drug-likeness (QED) is 0.124. The summed E-state index contributed by atoms with van der Waals surface area (Å²) in [6, 6.07) is 13.9. The molecule has 0 bridgehead atoms. The second kappa shape index (κ2) is 14.0. The Morgan fingerprint density at radius 2 is 1.91 bits per heavy atom. The third-order valence-corrected chi connectivity index (χ3v) is 6.51.